The highest BCUT2D eigenvalue weighted by Crippen LogP contribution is 2.19. The first-order valence-electron chi connectivity index (χ1n) is 9.48. The maximum atomic E-state index is 12.6. The minimum Gasteiger partial charge on any atom is -0.211 e. The Bertz CT molecular complexity index is 1020. The van der Waals surface area contributed by atoms with Crippen LogP contribution >= 0.6 is 0 Å². The molecule has 0 saturated carbocycles. The molecule has 0 saturated heterocycles. The third kappa shape index (κ3) is 5.89. The minimum atomic E-state index is -3.70. The van der Waals surface area contributed by atoms with Crippen LogP contribution in [0.2, 0.25) is 0 Å². The van der Waals surface area contributed by atoms with Crippen LogP contribution in [0.1, 0.15) is 11.1 Å². The molecule has 2 atom stereocenters. The average molecular weight is 449 g/mol. The van der Waals surface area contributed by atoms with E-state index in [4.69, 9.17) is 0 Å². The predicted molar refractivity (Wildman–Crippen MR) is 120 cm³/mol. The largest absolute Gasteiger partial charge is 0.240 e. The van der Waals surface area contributed by atoms with Crippen molar-refractivity contribution >= 4 is 20.0 Å². The van der Waals surface area contributed by atoms with Gasteiger partial charge in [-0.2, -0.15) is 0 Å². The van der Waals surface area contributed by atoms with Crippen molar-refractivity contribution in [2.75, 3.05) is 13.1 Å². The summed E-state index contributed by atoms with van der Waals surface area (Å²) in [5.74, 6) is -0.693. The molecular formula is C22H28N2O4S2. The maximum absolute atomic E-state index is 12.6. The van der Waals surface area contributed by atoms with E-state index in [0.29, 0.717) is 11.1 Å². The van der Waals surface area contributed by atoms with E-state index in [2.05, 4.69) is 22.6 Å². The van der Waals surface area contributed by atoms with Crippen LogP contribution in [0.15, 0.2) is 83.6 Å². The molecule has 0 aliphatic carbocycles. The lowest BCUT2D eigenvalue weighted by molar-refractivity contribution is 0.457. The van der Waals surface area contributed by atoms with Crippen LogP contribution in [0.25, 0.3) is 0 Å². The topological polar surface area (TPSA) is 92.3 Å². The molecule has 0 aliphatic heterocycles. The highest BCUT2D eigenvalue weighted by Gasteiger charge is 2.23. The lowest BCUT2D eigenvalue weighted by atomic mass is 9.93. The van der Waals surface area contributed by atoms with E-state index in [9.17, 15) is 16.8 Å². The van der Waals surface area contributed by atoms with E-state index in [0.717, 1.165) is 0 Å². The van der Waals surface area contributed by atoms with Crippen molar-refractivity contribution in [3.05, 3.63) is 85.0 Å². The molecule has 0 heterocycles. The Labute approximate surface area is 179 Å². The van der Waals surface area contributed by atoms with E-state index in [1.807, 2.05) is 0 Å². The van der Waals surface area contributed by atoms with Crippen molar-refractivity contribution in [1.29, 1.82) is 0 Å². The Morgan fingerprint density at radius 2 is 1.07 bits per heavy atom. The third-order valence-corrected chi connectivity index (χ3v) is 8.11. The Morgan fingerprint density at radius 3 is 1.37 bits per heavy atom. The van der Waals surface area contributed by atoms with Gasteiger partial charge >= 0.3 is 0 Å². The summed E-state index contributed by atoms with van der Waals surface area (Å²) >= 11 is 0. The lowest BCUT2D eigenvalue weighted by Gasteiger charge is -2.23. The molecule has 8 heteroatoms. The number of hydrogen-bond acceptors (Lipinski definition) is 4. The fourth-order valence-corrected chi connectivity index (χ4v) is 5.74. The number of aryl methyl sites for hydroxylation is 2. The fourth-order valence-electron chi connectivity index (χ4n) is 3.10. The summed E-state index contributed by atoms with van der Waals surface area (Å²) in [6.45, 7) is 11.2. The van der Waals surface area contributed by atoms with Crippen LogP contribution in [0.3, 0.4) is 0 Å². The molecule has 0 radical (unpaired) electrons. The first kappa shape index (κ1) is 24.0. The molecular weight excluding hydrogens is 420 g/mol. The second-order valence-corrected chi connectivity index (χ2v) is 10.5. The molecule has 0 fully saturated rings. The van der Waals surface area contributed by atoms with Crippen LogP contribution in [0.5, 0.6) is 0 Å². The van der Waals surface area contributed by atoms with Crippen molar-refractivity contribution in [2.24, 2.45) is 11.8 Å². The number of sulfonamides is 2. The standard InChI is InChI=1S/C22H28N2O4S2/c1-5-19(15-23-29(25,26)21-13-9-7-11-17(21)3)20(6-2)16-24-30(27,28)22-14-10-8-12-18(22)4/h5-14,19-20,23-24H,1-2,15-16H2,3-4H3/t19-,20-/m0/s1. The van der Waals surface area contributed by atoms with Gasteiger partial charge in [-0.3, -0.25) is 0 Å². The molecule has 162 valence electrons. The number of benzene rings is 2. The average Bonchev–Trinajstić information content (AvgIpc) is 2.70. The summed E-state index contributed by atoms with van der Waals surface area (Å²) in [7, 11) is -7.40. The monoisotopic (exact) mass is 448 g/mol. The first-order valence-corrected chi connectivity index (χ1v) is 12.4. The summed E-state index contributed by atoms with van der Waals surface area (Å²) in [6, 6.07) is 13.4. The van der Waals surface area contributed by atoms with Gasteiger partial charge in [0.15, 0.2) is 0 Å². The van der Waals surface area contributed by atoms with Crippen LogP contribution in [-0.4, -0.2) is 29.9 Å². The van der Waals surface area contributed by atoms with Gasteiger partial charge in [0.05, 0.1) is 9.79 Å². The van der Waals surface area contributed by atoms with Crippen LogP contribution in [0.4, 0.5) is 0 Å². The Balaban J connectivity index is 2.09. The van der Waals surface area contributed by atoms with Gasteiger partial charge in [0.1, 0.15) is 0 Å². The van der Waals surface area contributed by atoms with E-state index >= 15 is 0 Å². The zero-order valence-electron chi connectivity index (χ0n) is 17.2. The quantitative estimate of drug-likeness (QED) is 0.517. The van der Waals surface area contributed by atoms with E-state index in [-0.39, 0.29) is 34.7 Å². The summed E-state index contributed by atoms with van der Waals surface area (Å²) in [5, 5.41) is 0. The van der Waals surface area contributed by atoms with E-state index in [1.165, 1.54) is 0 Å². The van der Waals surface area contributed by atoms with Gasteiger partial charge in [-0.15, -0.1) is 13.2 Å². The Morgan fingerprint density at radius 1 is 0.733 bits per heavy atom. The highest BCUT2D eigenvalue weighted by atomic mass is 32.2. The van der Waals surface area contributed by atoms with Gasteiger partial charge < -0.3 is 0 Å². The number of hydrogen-bond donors (Lipinski definition) is 2. The van der Waals surface area contributed by atoms with Crippen molar-refractivity contribution in [3.63, 3.8) is 0 Å². The molecule has 2 rings (SSSR count). The Hall–Kier alpha value is -2.26. The molecule has 0 spiro atoms. The molecule has 0 amide bonds. The van der Waals surface area contributed by atoms with Crippen LogP contribution in [-0.2, 0) is 20.0 Å². The molecule has 6 nitrogen and oxygen atoms in total. The molecule has 2 aromatic carbocycles. The lowest BCUT2D eigenvalue weighted by Crippen LogP contribution is -2.37. The second-order valence-electron chi connectivity index (χ2n) is 7.03. The maximum Gasteiger partial charge on any atom is 0.240 e. The van der Waals surface area contributed by atoms with Crippen LogP contribution in [0, 0.1) is 25.7 Å². The molecule has 0 unspecified atom stereocenters. The number of nitrogens with one attached hydrogen (secondary N) is 2. The normalized spacial score (nSPS) is 14.1. The van der Waals surface area contributed by atoms with Crippen molar-refractivity contribution in [2.45, 2.75) is 23.6 Å². The van der Waals surface area contributed by atoms with Gasteiger partial charge in [-0.05, 0) is 48.9 Å². The number of rotatable bonds is 11. The third-order valence-electron chi connectivity index (χ3n) is 4.94. The second kappa shape index (κ2) is 10.2. The molecule has 30 heavy (non-hydrogen) atoms. The summed E-state index contributed by atoms with van der Waals surface area (Å²) in [5.41, 5.74) is 1.29. The van der Waals surface area contributed by atoms with E-state index < -0.39 is 20.0 Å². The molecule has 0 aliphatic rings. The smallest absolute Gasteiger partial charge is 0.211 e. The van der Waals surface area contributed by atoms with Gasteiger partial charge in [-0.1, -0.05) is 48.6 Å². The van der Waals surface area contributed by atoms with Crippen molar-refractivity contribution in [3.8, 4) is 0 Å². The fraction of sp³-hybridized carbons (Fsp3) is 0.273. The SMILES string of the molecule is C=C[C@@H](CNS(=O)(=O)c1ccccc1C)[C@@H](C=C)CNS(=O)(=O)c1ccccc1C. The molecule has 2 aromatic rings. The van der Waals surface area contributed by atoms with E-state index in [1.54, 1.807) is 74.5 Å². The van der Waals surface area contributed by atoms with Gasteiger partial charge in [0.2, 0.25) is 20.0 Å². The molecule has 2 N–H and O–H groups in total. The van der Waals surface area contributed by atoms with Crippen molar-refractivity contribution < 1.29 is 16.8 Å². The highest BCUT2D eigenvalue weighted by molar-refractivity contribution is 7.89. The van der Waals surface area contributed by atoms with Gasteiger partial charge in [0.25, 0.3) is 0 Å². The van der Waals surface area contributed by atoms with Gasteiger partial charge in [-0.25, -0.2) is 26.3 Å². The predicted octanol–water partition coefficient (Wildman–Crippen LogP) is 3.16. The van der Waals surface area contributed by atoms with Crippen LogP contribution < -0.4 is 9.44 Å². The first-order chi connectivity index (χ1) is 14.1. The Kier molecular flexibility index (Phi) is 8.14. The molecule has 0 bridgehead atoms. The minimum absolute atomic E-state index is 0.0724. The summed E-state index contributed by atoms with van der Waals surface area (Å²) in [4.78, 5) is 0.423. The summed E-state index contributed by atoms with van der Waals surface area (Å²) in [6.07, 6.45) is 3.21. The molecule has 0 aromatic heterocycles. The van der Waals surface area contributed by atoms with Gasteiger partial charge in [0, 0.05) is 13.1 Å². The summed E-state index contributed by atoms with van der Waals surface area (Å²) < 4.78 is 55.8. The zero-order valence-corrected chi connectivity index (χ0v) is 18.8. The zero-order chi connectivity index (χ0) is 22.4. The van der Waals surface area contributed by atoms with Crippen molar-refractivity contribution in [1.82, 2.24) is 9.44 Å².